The Hall–Kier alpha value is -2.62. The van der Waals surface area contributed by atoms with Gasteiger partial charge in [0.15, 0.2) is 0 Å². The monoisotopic (exact) mass is 292 g/mol. The molecule has 1 unspecified atom stereocenters. The number of benzene rings is 1. The van der Waals surface area contributed by atoms with Crippen molar-refractivity contribution in [1.82, 2.24) is 9.97 Å². The molecule has 1 atom stereocenters. The number of rotatable bonds is 3. The molecule has 108 valence electrons. The van der Waals surface area contributed by atoms with Gasteiger partial charge in [-0.05, 0) is 30.7 Å². The molecule has 0 aliphatic heterocycles. The summed E-state index contributed by atoms with van der Waals surface area (Å²) in [6, 6.07) is 9.27. The largest absolute Gasteiger partial charge is 0.433 e. The van der Waals surface area contributed by atoms with Crippen molar-refractivity contribution in [3.05, 3.63) is 53.3 Å². The van der Waals surface area contributed by atoms with Gasteiger partial charge in [0.1, 0.15) is 5.69 Å². The molecule has 1 heterocycles. The maximum atomic E-state index is 12.6. The molecule has 0 spiro atoms. The number of hydrogen-bond acceptors (Lipinski definition) is 4. The third-order valence-electron chi connectivity index (χ3n) is 2.81. The van der Waals surface area contributed by atoms with Gasteiger partial charge in [-0.3, -0.25) is 0 Å². The molecule has 4 nitrogen and oxygen atoms in total. The van der Waals surface area contributed by atoms with Crippen molar-refractivity contribution in [1.29, 1.82) is 5.26 Å². The van der Waals surface area contributed by atoms with Crippen LogP contribution in [0.25, 0.3) is 0 Å². The lowest BCUT2D eigenvalue weighted by Crippen LogP contribution is -2.13. The lowest BCUT2D eigenvalue weighted by molar-refractivity contribution is -0.141. The molecule has 21 heavy (non-hydrogen) atoms. The van der Waals surface area contributed by atoms with E-state index in [2.05, 4.69) is 15.3 Å². The van der Waals surface area contributed by atoms with E-state index in [0.29, 0.717) is 5.56 Å². The van der Waals surface area contributed by atoms with Crippen LogP contribution in [0.5, 0.6) is 0 Å². The SMILES string of the molecule is CC(Nc1nccc(C(F)(F)F)n1)c1cccc(C#N)c1. The van der Waals surface area contributed by atoms with E-state index in [-0.39, 0.29) is 12.0 Å². The van der Waals surface area contributed by atoms with Crippen molar-refractivity contribution in [3.63, 3.8) is 0 Å². The number of nitriles is 1. The average molecular weight is 292 g/mol. The Morgan fingerprint density at radius 2 is 2.05 bits per heavy atom. The second-order valence-electron chi connectivity index (χ2n) is 4.37. The molecule has 0 radical (unpaired) electrons. The first-order valence-electron chi connectivity index (χ1n) is 6.07. The van der Waals surface area contributed by atoms with Crippen LogP contribution >= 0.6 is 0 Å². The van der Waals surface area contributed by atoms with Crippen molar-refractivity contribution in [3.8, 4) is 6.07 Å². The number of anilines is 1. The normalized spacial score (nSPS) is 12.5. The van der Waals surface area contributed by atoms with Crippen molar-refractivity contribution >= 4 is 5.95 Å². The van der Waals surface area contributed by atoms with Crippen LogP contribution < -0.4 is 5.32 Å². The van der Waals surface area contributed by atoms with Crippen molar-refractivity contribution in [2.75, 3.05) is 5.32 Å². The average Bonchev–Trinajstić information content (AvgIpc) is 2.46. The summed E-state index contributed by atoms with van der Waals surface area (Å²) in [5, 5.41) is 11.6. The summed E-state index contributed by atoms with van der Waals surface area (Å²) >= 11 is 0. The highest BCUT2D eigenvalue weighted by atomic mass is 19.4. The maximum absolute atomic E-state index is 12.6. The Morgan fingerprint density at radius 1 is 1.29 bits per heavy atom. The van der Waals surface area contributed by atoms with Crippen LogP contribution in [0, 0.1) is 11.3 Å². The van der Waals surface area contributed by atoms with E-state index in [9.17, 15) is 13.2 Å². The molecule has 0 amide bonds. The van der Waals surface area contributed by atoms with E-state index in [1.807, 2.05) is 6.07 Å². The van der Waals surface area contributed by atoms with Crippen LogP contribution in [0.4, 0.5) is 19.1 Å². The molecular formula is C14H11F3N4. The van der Waals surface area contributed by atoms with E-state index in [4.69, 9.17) is 5.26 Å². The van der Waals surface area contributed by atoms with Crippen molar-refractivity contribution in [2.45, 2.75) is 19.1 Å². The van der Waals surface area contributed by atoms with Crippen LogP contribution in [-0.4, -0.2) is 9.97 Å². The fourth-order valence-electron chi connectivity index (χ4n) is 1.74. The van der Waals surface area contributed by atoms with Gasteiger partial charge in [-0.2, -0.15) is 18.4 Å². The number of nitrogens with zero attached hydrogens (tertiary/aromatic N) is 3. The third kappa shape index (κ3) is 3.69. The predicted octanol–water partition coefficient (Wildman–Crippen LogP) is 3.54. The first kappa shape index (κ1) is 14.8. The van der Waals surface area contributed by atoms with Crippen LogP contribution in [-0.2, 0) is 6.18 Å². The summed E-state index contributed by atoms with van der Waals surface area (Å²) < 4.78 is 37.7. The number of aromatic nitrogens is 2. The Kier molecular flexibility index (Phi) is 4.08. The first-order chi connectivity index (χ1) is 9.90. The zero-order chi connectivity index (χ0) is 15.5. The molecule has 2 aromatic rings. The molecular weight excluding hydrogens is 281 g/mol. The summed E-state index contributed by atoms with van der Waals surface area (Å²) in [7, 11) is 0. The summed E-state index contributed by atoms with van der Waals surface area (Å²) in [4.78, 5) is 7.21. The standard InChI is InChI=1S/C14H11F3N4/c1-9(11-4-2-3-10(7-11)8-18)20-13-19-6-5-12(21-13)14(15,16)17/h2-7,9H,1H3,(H,19,20,21). The van der Waals surface area contributed by atoms with Crippen LogP contribution in [0.15, 0.2) is 36.5 Å². The predicted molar refractivity (Wildman–Crippen MR) is 70.2 cm³/mol. The molecule has 1 aromatic carbocycles. The van der Waals surface area contributed by atoms with Crippen molar-refractivity contribution in [2.24, 2.45) is 0 Å². The summed E-state index contributed by atoms with van der Waals surface area (Å²) in [5.41, 5.74) is 0.235. The minimum atomic E-state index is -4.51. The number of alkyl halides is 3. The molecule has 7 heteroatoms. The maximum Gasteiger partial charge on any atom is 0.433 e. The molecule has 1 N–H and O–H groups in total. The smallest absolute Gasteiger partial charge is 0.348 e. The van der Waals surface area contributed by atoms with E-state index in [0.717, 1.165) is 17.8 Å². The highest BCUT2D eigenvalue weighted by Gasteiger charge is 2.32. The number of hydrogen-bond donors (Lipinski definition) is 1. The minimum Gasteiger partial charge on any atom is -0.348 e. The van der Waals surface area contributed by atoms with Crippen LogP contribution in [0.1, 0.15) is 29.8 Å². The van der Waals surface area contributed by atoms with Gasteiger partial charge >= 0.3 is 6.18 Å². The molecule has 0 saturated heterocycles. The van der Waals surface area contributed by atoms with Gasteiger partial charge in [0.2, 0.25) is 5.95 Å². The Bertz CT molecular complexity index is 676. The lowest BCUT2D eigenvalue weighted by atomic mass is 10.1. The summed E-state index contributed by atoms with van der Waals surface area (Å²) in [6.07, 6.45) is -3.46. The highest BCUT2D eigenvalue weighted by molar-refractivity contribution is 5.38. The number of halogens is 3. The minimum absolute atomic E-state index is 0.111. The Morgan fingerprint density at radius 3 is 2.71 bits per heavy atom. The summed E-state index contributed by atoms with van der Waals surface area (Å²) in [5.74, 6) is -0.111. The van der Waals surface area contributed by atoms with Crippen LogP contribution in [0.3, 0.4) is 0 Å². The molecule has 0 aliphatic rings. The summed E-state index contributed by atoms with van der Waals surface area (Å²) in [6.45, 7) is 1.75. The first-order valence-corrected chi connectivity index (χ1v) is 6.07. The quantitative estimate of drug-likeness (QED) is 0.940. The van der Waals surface area contributed by atoms with E-state index < -0.39 is 11.9 Å². The van der Waals surface area contributed by atoms with E-state index in [1.165, 1.54) is 0 Å². The lowest BCUT2D eigenvalue weighted by Gasteiger charge is -2.15. The molecule has 2 rings (SSSR count). The van der Waals surface area contributed by atoms with Gasteiger partial charge in [0, 0.05) is 6.20 Å². The van der Waals surface area contributed by atoms with E-state index in [1.54, 1.807) is 31.2 Å². The fraction of sp³-hybridized carbons (Fsp3) is 0.214. The van der Waals surface area contributed by atoms with Gasteiger partial charge in [0.25, 0.3) is 0 Å². The number of nitrogens with one attached hydrogen (secondary N) is 1. The van der Waals surface area contributed by atoms with Gasteiger partial charge in [-0.1, -0.05) is 12.1 Å². The van der Waals surface area contributed by atoms with Gasteiger partial charge in [-0.25, -0.2) is 9.97 Å². The van der Waals surface area contributed by atoms with Crippen molar-refractivity contribution < 1.29 is 13.2 Å². The second kappa shape index (κ2) is 5.79. The van der Waals surface area contributed by atoms with Crippen LogP contribution in [0.2, 0.25) is 0 Å². The third-order valence-corrected chi connectivity index (χ3v) is 2.81. The second-order valence-corrected chi connectivity index (χ2v) is 4.37. The molecule has 0 saturated carbocycles. The fourth-order valence-corrected chi connectivity index (χ4v) is 1.74. The highest BCUT2D eigenvalue weighted by Crippen LogP contribution is 2.28. The Labute approximate surface area is 119 Å². The molecule has 0 fully saturated rings. The topological polar surface area (TPSA) is 61.6 Å². The van der Waals surface area contributed by atoms with Gasteiger partial charge < -0.3 is 5.32 Å². The zero-order valence-corrected chi connectivity index (χ0v) is 11.0. The molecule has 1 aromatic heterocycles. The Balaban J connectivity index is 2.20. The molecule has 0 bridgehead atoms. The zero-order valence-electron chi connectivity index (χ0n) is 11.0. The molecule has 0 aliphatic carbocycles. The van der Waals surface area contributed by atoms with Gasteiger partial charge in [-0.15, -0.1) is 0 Å². The van der Waals surface area contributed by atoms with E-state index >= 15 is 0 Å². The van der Waals surface area contributed by atoms with Gasteiger partial charge in [0.05, 0.1) is 17.7 Å².